The quantitative estimate of drug-likeness (QED) is 0.452. The molecule has 0 aliphatic heterocycles. The van der Waals surface area contributed by atoms with E-state index < -0.39 is 39.3 Å². The van der Waals surface area contributed by atoms with E-state index in [1.54, 1.807) is 0 Å². The first-order valence-corrected chi connectivity index (χ1v) is 6.98. The Bertz CT molecular complexity index is 614. The van der Waals surface area contributed by atoms with Crippen LogP contribution in [-0.2, 0) is 20.6 Å². The molecule has 0 aromatic heterocycles. The maximum Gasteiger partial charge on any atom is 0.333 e. The molecule has 0 bridgehead atoms. The van der Waals surface area contributed by atoms with Crippen molar-refractivity contribution in [3.63, 3.8) is 0 Å². The number of carboxylic acids is 1. The van der Waals surface area contributed by atoms with Gasteiger partial charge in [-0.2, -0.15) is 0 Å². The molecule has 0 radical (unpaired) electrons. The van der Waals surface area contributed by atoms with E-state index in [9.17, 15) is 23.3 Å². The smallest absolute Gasteiger partial charge is 0.333 e. The van der Waals surface area contributed by atoms with Crippen LogP contribution in [0.5, 0.6) is 0 Å². The first-order chi connectivity index (χ1) is 9.23. The topological polar surface area (TPSA) is 147 Å². The molecule has 1 rings (SSSR count). The summed E-state index contributed by atoms with van der Waals surface area (Å²) in [5.74, 6) is -2.25. The van der Waals surface area contributed by atoms with Crippen molar-refractivity contribution in [2.24, 2.45) is 0 Å². The fourth-order valence-electron chi connectivity index (χ4n) is 1.36. The molecule has 20 heavy (non-hydrogen) atoms. The molecule has 0 saturated heterocycles. The van der Waals surface area contributed by atoms with Crippen LogP contribution in [0.2, 0.25) is 0 Å². The number of sulfonamides is 1. The number of nitro groups is 1. The highest BCUT2D eigenvalue weighted by Crippen LogP contribution is 2.19. The Labute approximate surface area is 114 Å². The lowest BCUT2D eigenvalue weighted by molar-refractivity contribution is -0.385. The number of aliphatic hydroxyl groups is 1. The standard InChI is InChI=1S/C10H12N2O7S/c13-9(10(14)15)5-11-20(18,19)6-7-3-1-2-4-8(7)12(16)17/h1-4,9,11,13H,5-6H2,(H,14,15)/t9-/m0/s1. The highest BCUT2D eigenvalue weighted by atomic mass is 32.2. The predicted octanol–water partition coefficient (Wildman–Crippen LogP) is -0.540. The molecule has 10 heteroatoms. The molecule has 0 spiro atoms. The van der Waals surface area contributed by atoms with Crippen molar-refractivity contribution in [3.8, 4) is 0 Å². The van der Waals surface area contributed by atoms with Gasteiger partial charge >= 0.3 is 5.97 Å². The number of nitro benzene ring substituents is 1. The first kappa shape index (κ1) is 16.0. The largest absolute Gasteiger partial charge is 0.479 e. The Morgan fingerprint density at radius 3 is 2.55 bits per heavy atom. The number of hydrogen-bond acceptors (Lipinski definition) is 6. The second kappa shape index (κ2) is 6.41. The fraction of sp³-hybridized carbons (Fsp3) is 0.300. The number of benzene rings is 1. The molecule has 0 fully saturated rings. The van der Waals surface area contributed by atoms with Gasteiger partial charge in [-0.3, -0.25) is 10.1 Å². The molecule has 0 heterocycles. The Balaban J connectivity index is 2.82. The normalized spacial score (nSPS) is 12.8. The van der Waals surface area contributed by atoms with Gasteiger partial charge in [-0.15, -0.1) is 0 Å². The van der Waals surface area contributed by atoms with Crippen LogP contribution in [0, 0.1) is 10.1 Å². The van der Waals surface area contributed by atoms with Crippen LogP contribution < -0.4 is 4.72 Å². The van der Waals surface area contributed by atoms with Gasteiger partial charge < -0.3 is 10.2 Å². The van der Waals surface area contributed by atoms with Crippen molar-refractivity contribution in [2.75, 3.05) is 6.54 Å². The van der Waals surface area contributed by atoms with Crippen LogP contribution in [0.4, 0.5) is 5.69 Å². The van der Waals surface area contributed by atoms with Gasteiger partial charge in [0.15, 0.2) is 6.10 Å². The van der Waals surface area contributed by atoms with E-state index in [1.165, 1.54) is 18.2 Å². The van der Waals surface area contributed by atoms with E-state index in [4.69, 9.17) is 10.2 Å². The molecule has 0 saturated carbocycles. The molecule has 1 aromatic carbocycles. The van der Waals surface area contributed by atoms with Crippen LogP contribution in [0.15, 0.2) is 24.3 Å². The highest BCUT2D eigenvalue weighted by molar-refractivity contribution is 7.88. The zero-order valence-corrected chi connectivity index (χ0v) is 10.9. The van der Waals surface area contributed by atoms with Crippen LogP contribution in [0.25, 0.3) is 0 Å². The van der Waals surface area contributed by atoms with E-state index in [0.29, 0.717) is 0 Å². The maximum absolute atomic E-state index is 11.7. The molecule has 110 valence electrons. The molecule has 0 unspecified atom stereocenters. The van der Waals surface area contributed by atoms with Gasteiger partial charge in [0.05, 0.1) is 10.7 Å². The Hall–Kier alpha value is -2.04. The zero-order valence-electron chi connectivity index (χ0n) is 10.1. The average molecular weight is 304 g/mol. The Morgan fingerprint density at radius 1 is 1.40 bits per heavy atom. The van der Waals surface area contributed by atoms with Crippen molar-refractivity contribution in [2.45, 2.75) is 11.9 Å². The molecular weight excluding hydrogens is 292 g/mol. The van der Waals surface area contributed by atoms with Crippen LogP contribution in [-0.4, -0.2) is 42.2 Å². The van der Waals surface area contributed by atoms with Gasteiger partial charge in [-0.05, 0) is 0 Å². The number of aliphatic carboxylic acids is 1. The predicted molar refractivity (Wildman–Crippen MR) is 67.4 cm³/mol. The number of carbonyl (C=O) groups is 1. The third-order valence-electron chi connectivity index (χ3n) is 2.32. The number of nitrogens with one attached hydrogen (secondary N) is 1. The molecule has 3 N–H and O–H groups in total. The fourth-order valence-corrected chi connectivity index (χ4v) is 2.53. The molecule has 9 nitrogen and oxygen atoms in total. The summed E-state index contributed by atoms with van der Waals surface area (Å²) in [6.45, 7) is -0.710. The molecule has 1 aromatic rings. The number of hydrogen-bond donors (Lipinski definition) is 3. The SMILES string of the molecule is O=C(O)[C@@H](O)CNS(=O)(=O)Cc1ccccc1[N+](=O)[O-]. The van der Waals surface area contributed by atoms with Gasteiger partial charge in [0.2, 0.25) is 10.0 Å². The number of carboxylic acid groups (broad SMARTS) is 1. The molecular formula is C10H12N2O7S. The lowest BCUT2D eigenvalue weighted by atomic mass is 10.2. The number of rotatable bonds is 7. The number of aliphatic hydroxyl groups excluding tert-OH is 1. The summed E-state index contributed by atoms with van der Waals surface area (Å²) < 4.78 is 25.2. The summed E-state index contributed by atoms with van der Waals surface area (Å²) in [6, 6.07) is 5.29. The number of para-hydroxylation sites is 1. The van der Waals surface area contributed by atoms with Gasteiger partial charge in [-0.25, -0.2) is 17.9 Å². The zero-order chi connectivity index (χ0) is 15.3. The van der Waals surface area contributed by atoms with E-state index in [1.807, 2.05) is 4.72 Å². The van der Waals surface area contributed by atoms with E-state index in [0.717, 1.165) is 6.07 Å². The third-order valence-corrected chi connectivity index (χ3v) is 3.61. The highest BCUT2D eigenvalue weighted by Gasteiger charge is 2.22. The van der Waals surface area contributed by atoms with E-state index >= 15 is 0 Å². The minimum absolute atomic E-state index is 0.0326. The lowest BCUT2D eigenvalue weighted by Crippen LogP contribution is -2.37. The maximum atomic E-state index is 11.7. The lowest BCUT2D eigenvalue weighted by Gasteiger charge is -2.09. The molecule has 0 amide bonds. The van der Waals surface area contributed by atoms with E-state index in [2.05, 4.69) is 0 Å². The van der Waals surface area contributed by atoms with Gasteiger partial charge in [0.25, 0.3) is 5.69 Å². The van der Waals surface area contributed by atoms with Crippen molar-refractivity contribution in [1.29, 1.82) is 0 Å². The summed E-state index contributed by atoms with van der Waals surface area (Å²) in [5.41, 5.74) is -0.383. The summed E-state index contributed by atoms with van der Waals surface area (Å²) in [4.78, 5) is 20.4. The monoisotopic (exact) mass is 304 g/mol. The first-order valence-electron chi connectivity index (χ1n) is 5.33. The minimum Gasteiger partial charge on any atom is -0.479 e. The van der Waals surface area contributed by atoms with Crippen molar-refractivity contribution < 1.29 is 28.3 Å². The van der Waals surface area contributed by atoms with Gasteiger partial charge in [0.1, 0.15) is 0 Å². The second-order valence-electron chi connectivity index (χ2n) is 3.85. The summed E-state index contributed by atoms with van der Waals surface area (Å²) in [6.07, 6.45) is -1.88. The third kappa shape index (κ3) is 4.57. The van der Waals surface area contributed by atoms with Gasteiger partial charge in [-0.1, -0.05) is 18.2 Å². The molecule has 1 atom stereocenters. The summed E-state index contributed by atoms with van der Waals surface area (Å²) in [5, 5.41) is 28.1. The molecule has 0 aliphatic carbocycles. The summed E-state index contributed by atoms with van der Waals surface area (Å²) >= 11 is 0. The Morgan fingerprint density at radius 2 is 2.00 bits per heavy atom. The van der Waals surface area contributed by atoms with E-state index in [-0.39, 0.29) is 11.3 Å². The van der Waals surface area contributed by atoms with Crippen LogP contribution in [0.1, 0.15) is 5.56 Å². The Kier molecular flexibility index (Phi) is 5.13. The van der Waals surface area contributed by atoms with Gasteiger partial charge in [0, 0.05) is 18.2 Å². The molecule has 0 aliphatic rings. The average Bonchev–Trinajstić information content (AvgIpc) is 2.35. The van der Waals surface area contributed by atoms with Crippen molar-refractivity contribution in [1.82, 2.24) is 4.72 Å². The second-order valence-corrected chi connectivity index (χ2v) is 5.65. The van der Waals surface area contributed by atoms with Crippen molar-refractivity contribution in [3.05, 3.63) is 39.9 Å². The van der Waals surface area contributed by atoms with Crippen molar-refractivity contribution >= 4 is 21.7 Å². The minimum atomic E-state index is -4.00. The number of nitrogens with zero attached hydrogens (tertiary/aromatic N) is 1. The summed E-state index contributed by atoms with van der Waals surface area (Å²) in [7, 11) is -4.00. The van der Waals surface area contributed by atoms with Crippen LogP contribution >= 0.6 is 0 Å². The van der Waals surface area contributed by atoms with Crippen LogP contribution in [0.3, 0.4) is 0 Å².